The molecule has 0 aliphatic carbocycles. The van der Waals surface area contributed by atoms with Crippen LogP contribution in [0.5, 0.6) is 0 Å². The van der Waals surface area contributed by atoms with Crippen LogP contribution in [0.3, 0.4) is 0 Å². The third-order valence-corrected chi connectivity index (χ3v) is 2.48. The number of rotatable bonds is 8. The lowest BCUT2D eigenvalue weighted by Gasteiger charge is -2.18. The lowest BCUT2D eigenvalue weighted by molar-refractivity contribution is -0.137. The Morgan fingerprint density at radius 2 is 1.56 bits per heavy atom. The number of allylic oxidation sites excluding steroid dienone is 3. The van der Waals surface area contributed by atoms with Crippen molar-refractivity contribution in [1.29, 1.82) is 5.41 Å². The number of Topliss-reactive ketones (excluding diaryl/α,β-unsaturated/α-hetero) is 1. The number of carbonyl (C=O) groups is 2. The van der Waals surface area contributed by atoms with Crippen LogP contribution >= 0.6 is 0 Å². The number of hydrogen-bond donors (Lipinski definition) is 2. The summed E-state index contributed by atoms with van der Waals surface area (Å²) in [6.45, 7) is 22.6. The Kier molecular flexibility index (Phi) is 29.4. The second-order valence-corrected chi connectivity index (χ2v) is 3.73. The third kappa shape index (κ3) is 15.1. The summed E-state index contributed by atoms with van der Waals surface area (Å²) in [6, 6.07) is -0.679. The maximum absolute atomic E-state index is 11.6. The largest absolute Gasteiger partial charge is 0.337 e. The number of ketones is 1. The molecule has 0 aliphatic heterocycles. The topological polar surface area (TPSA) is 70.0 Å². The van der Waals surface area contributed by atoms with Crippen LogP contribution in [0.1, 0.15) is 61.8 Å². The van der Waals surface area contributed by atoms with E-state index in [2.05, 4.69) is 18.5 Å². The highest BCUT2D eigenvalue weighted by atomic mass is 16.2. The van der Waals surface area contributed by atoms with Gasteiger partial charge in [0.15, 0.2) is 0 Å². The lowest BCUT2D eigenvalue weighted by Crippen LogP contribution is -2.44. The Balaban J connectivity index is -0.000000329. The van der Waals surface area contributed by atoms with Gasteiger partial charge in [0.05, 0.1) is 11.8 Å². The van der Waals surface area contributed by atoms with E-state index in [1.54, 1.807) is 32.1 Å². The van der Waals surface area contributed by atoms with Crippen LogP contribution < -0.4 is 5.32 Å². The standard InChI is InChI=1S/C15H20N2O2.3C2H6/c1-5-9-10-12(16)14(11(6-2)7-3)17-15(19)13(18)8-4;3*1-2/h5-7,9-10,14,16H,1-2,8H2,3-4H3,(H,17,19);3*1-2H3/b10-9-,11-7+,16-12?;;;. The van der Waals surface area contributed by atoms with Gasteiger partial charge in [0.25, 0.3) is 5.91 Å². The first-order valence-electron chi connectivity index (χ1n) is 9.01. The summed E-state index contributed by atoms with van der Waals surface area (Å²) in [7, 11) is 0. The van der Waals surface area contributed by atoms with Gasteiger partial charge in [0, 0.05) is 6.42 Å². The van der Waals surface area contributed by atoms with Crippen LogP contribution in [0.2, 0.25) is 0 Å². The molecule has 0 rings (SSSR count). The van der Waals surface area contributed by atoms with Gasteiger partial charge >= 0.3 is 0 Å². The van der Waals surface area contributed by atoms with Crippen molar-refractivity contribution >= 4 is 17.4 Å². The number of carbonyl (C=O) groups excluding carboxylic acids is 2. The highest BCUT2D eigenvalue weighted by Gasteiger charge is 2.21. The fourth-order valence-electron chi connectivity index (χ4n) is 1.38. The Morgan fingerprint density at radius 1 is 1.08 bits per heavy atom. The van der Waals surface area contributed by atoms with E-state index in [0.29, 0.717) is 5.57 Å². The fourth-order valence-corrected chi connectivity index (χ4v) is 1.38. The average Bonchev–Trinajstić information content (AvgIpc) is 2.69. The molecule has 0 fully saturated rings. The number of nitrogens with one attached hydrogen (secondary N) is 2. The minimum Gasteiger partial charge on any atom is -0.337 e. The minimum atomic E-state index is -0.689. The van der Waals surface area contributed by atoms with Crippen LogP contribution in [-0.2, 0) is 9.59 Å². The van der Waals surface area contributed by atoms with E-state index in [1.807, 2.05) is 41.5 Å². The molecule has 0 bridgehead atoms. The molecule has 25 heavy (non-hydrogen) atoms. The van der Waals surface area contributed by atoms with E-state index in [0.717, 1.165) is 0 Å². The average molecular weight is 351 g/mol. The summed E-state index contributed by atoms with van der Waals surface area (Å²) >= 11 is 0. The van der Waals surface area contributed by atoms with Crippen LogP contribution in [-0.4, -0.2) is 23.4 Å². The molecule has 4 heteroatoms. The van der Waals surface area contributed by atoms with Gasteiger partial charge in [0.1, 0.15) is 0 Å². The van der Waals surface area contributed by atoms with Crippen molar-refractivity contribution in [2.75, 3.05) is 0 Å². The van der Waals surface area contributed by atoms with Crippen molar-refractivity contribution < 1.29 is 9.59 Å². The molecule has 0 saturated carbocycles. The Morgan fingerprint density at radius 3 is 1.88 bits per heavy atom. The van der Waals surface area contributed by atoms with E-state index in [9.17, 15) is 9.59 Å². The second-order valence-electron chi connectivity index (χ2n) is 3.73. The third-order valence-electron chi connectivity index (χ3n) is 2.48. The SMILES string of the molecule is C=C/C=C\C(=N)C(NC(=O)C(=O)CC)/C(C=C)=C/C.CC.CC.CC. The molecular formula is C21H38N2O2. The Labute approximate surface area is 155 Å². The first kappa shape index (κ1) is 30.6. The number of amides is 1. The predicted molar refractivity (Wildman–Crippen MR) is 112 cm³/mol. The molecule has 0 aliphatic rings. The van der Waals surface area contributed by atoms with Crippen LogP contribution in [0, 0.1) is 5.41 Å². The lowest BCUT2D eigenvalue weighted by atomic mass is 10.0. The van der Waals surface area contributed by atoms with Gasteiger partial charge in [-0.3, -0.25) is 9.59 Å². The summed E-state index contributed by atoms with van der Waals surface area (Å²) in [6.07, 6.45) is 8.07. The van der Waals surface area contributed by atoms with E-state index >= 15 is 0 Å². The molecule has 1 atom stereocenters. The van der Waals surface area contributed by atoms with Gasteiger partial charge in [0.2, 0.25) is 5.78 Å². The molecule has 1 amide bonds. The highest BCUT2D eigenvalue weighted by molar-refractivity contribution is 6.36. The summed E-state index contributed by atoms with van der Waals surface area (Å²) in [5.41, 5.74) is 0.820. The Bertz CT molecular complexity index is 447. The van der Waals surface area contributed by atoms with Crippen LogP contribution in [0.4, 0.5) is 0 Å². The van der Waals surface area contributed by atoms with E-state index in [1.165, 1.54) is 12.2 Å². The molecule has 0 aromatic rings. The monoisotopic (exact) mass is 350 g/mol. The van der Waals surface area contributed by atoms with Crippen LogP contribution in [0.25, 0.3) is 0 Å². The zero-order valence-electron chi connectivity index (χ0n) is 17.4. The molecule has 4 nitrogen and oxygen atoms in total. The smallest absolute Gasteiger partial charge is 0.288 e. The quantitative estimate of drug-likeness (QED) is 0.348. The van der Waals surface area contributed by atoms with Crippen molar-refractivity contribution in [1.82, 2.24) is 5.32 Å². The van der Waals surface area contributed by atoms with Crippen molar-refractivity contribution in [3.05, 3.63) is 49.1 Å². The molecule has 0 radical (unpaired) electrons. The highest BCUT2D eigenvalue weighted by Crippen LogP contribution is 2.07. The molecule has 2 N–H and O–H groups in total. The second kappa shape index (κ2) is 24.0. The molecule has 0 heterocycles. The first-order chi connectivity index (χ1) is 12.0. The van der Waals surface area contributed by atoms with Crippen LogP contribution in [0.15, 0.2) is 49.1 Å². The molecule has 0 aromatic heterocycles. The van der Waals surface area contributed by atoms with Crippen molar-refractivity contribution in [3.63, 3.8) is 0 Å². The normalized spacial score (nSPS) is 10.5. The maximum Gasteiger partial charge on any atom is 0.288 e. The van der Waals surface area contributed by atoms with E-state index in [-0.39, 0.29) is 12.1 Å². The maximum atomic E-state index is 11.6. The molecule has 0 aromatic carbocycles. The van der Waals surface area contributed by atoms with Gasteiger partial charge in [-0.05, 0) is 18.6 Å². The predicted octanol–water partition coefficient (Wildman–Crippen LogP) is 5.42. The summed E-state index contributed by atoms with van der Waals surface area (Å²) < 4.78 is 0. The van der Waals surface area contributed by atoms with Gasteiger partial charge in [-0.1, -0.05) is 85.9 Å². The van der Waals surface area contributed by atoms with Crippen molar-refractivity contribution in [3.8, 4) is 0 Å². The summed E-state index contributed by atoms with van der Waals surface area (Å²) in [5, 5.41) is 10.5. The van der Waals surface area contributed by atoms with Gasteiger partial charge < -0.3 is 10.7 Å². The molecular weight excluding hydrogens is 312 g/mol. The summed E-state index contributed by atoms with van der Waals surface area (Å²) in [5.74, 6) is -1.20. The Hall–Kier alpha value is -2.23. The van der Waals surface area contributed by atoms with E-state index < -0.39 is 17.7 Å². The molecule has 0 spiro atoms. The summed E-state index contributed by atoms with van der Waals surface area (Å²) in [4.78, 5) is 23.0. The minimum absolute atomic E-state index is 0.133. The zero-order valence-corrected chi connectivity index (χ0v) is 17.4. The first-order valence-corrected chi connectivity index (χ1v) is 9.01. The molecule has 0 saturated heterocycles. The van der Waals surface area contributed by atoms with E-state index in [4.69, 9.17) is 5.41 Å². The fraction of sp³-hybridized carbons (Fsp3) is 0.476. The van der Waals surface area contributed by atoms with Crippen molar-refractivity contribution in [2.45, 2.75) is 67.9 Å². The van der Waals surface area contributed by atoms with Gasteiger partial charge in [-0.15, -0.1) is 0 Å². The van der Waals surface area contributed by atoms with Crippen molar-refractivity contribution in [2.24, 2.45) is 0 Å². The number of hydrogen-bond acceptors (Lipinski definition) is 3. The molecule has 144 valence electrons. The molecule has 1 unspecified atom stereocenters. The van der Waals surface area contributed by atoms with Gasteiger partial charge in [-0.2, -0.15) is 0 Å². The zero-order chi connectivity index (χ0) is 20.8. The van der Waals surface area contributed by atoms with Gasteiger partial charge in [-0.25, -0.2) is 0 Å².